The molecule has 2 amide bonds. The molecule has 0 spiro atoms. The number of nitrogen functional groups attached to an aromatic ring is 1. The van der Waals surface area contributed by atoms with Crippen LogP contribution in [0.25, 0.3) is 0 Å². The number of anilines is 2. The number of likely N-dealkylation sites (tertiary alicyclic amines) is 1. The SMILES string of the molecule is CC(C)C(=O)N1CCC(C(=O)N2CCCc3c(N)cccc32)CC1. The minimum atomic E-state index is 0.00796. The summed E-state index contributed by atoms with van der Waals surface area (Å²) in [6.45, 7) is 5.99. The summed E-state index contributed by atoms with van der Waals surface area (Å²) in [5.41, 5.74) is 8.94. The van der Waals surface area contributed by atoms with E-state index in [4.69, 9.17) is 5.73 Å². The van der Waals surface area contributed by atoms with E-state index in [1.807, 2.05) is 41.8 Å². The first-order chi connectivity index (χ1) is 11.5. The summed E-state index contributed by atoms with van der Waals surface area (Å²) in [5, 5.41) is 0. The van der Waals surface area contributed by atoms with Gasteiger partial charge in [0, 0.05) is 42.8 Å². The smallest absolute Gasteiger partial charge is 0.230 e. The summed E-state index contributed by atoms with van der Waals surface area (Å²) in [5.74, 6) is 0.415. The van der Waals surface area contributed by atoms with Crippen molar-refractivity contribution in [3.63, 3.8) is 0 Å². The van der Waals surface area contributed by atoms with E-state index in [1.165, 1.54) is 0 Å². The van der Waals surface area contributed by atoms with Crippen LogP contribution in [0, 0.1) is 11.8 Å². The molecule has 0 aliphatic carbocycles. The lowest BCUT2D eigenvalue weighted by atomic mass is 9.92. The van der Waals surface area contributed by atoms with Gasteiger partial charge in [-0.05, 0) is 43.4 Å². The summed E-state index contributed by atoms with van der Waals surface area (Å²) in [6, 6.07) is 5.83. The molecule has 2 heterocycles. The molecule has 0 unspecified atom stereocenters. The maximum absolute atomic E-state index is 13.0. The van der Waals surface area contributed by atoms with Gasteiger partial charge in [-0.2, -0.15) is 0 Å². The van der Waals surface area contributed by atoms with Crippen LogP contribution in [0.3, 0.4) is 0 Å². The molecule has 1 saturated heterocycles. The minimum absolute atomic E-state index is 0.00796. The topological polar surface area (TPSA) is 66.6 Å². The van der Waals surface area contributed by atoms with Crippen molar-refractivity contribution < 1.29 is 9.59 Å². The zero-order valence-corrected chi connectivity index (χ0v) is 14.6. The Hall–Kier alpha value is -2.04. The third-order valence-electron chi connectivity index (χ3n) is 5.20. The Labute approximate surface area is 143 Å². The van der Waals surface area contributed by atoms with E-state index >= 15 is 0 Å². The van der Waals surface area contributed by atoms with Crippen LogP contribution in [0.5, 0.6) is 0 Å². The third kappa shape index (κ3) is 3.12. The van der Waals surface area contributed by atoms with E-state index in [9.17, 15) is 9.59 Å². The zero-order chi connectivity index (χ0) is 17.3. The molecule has 3 rings (SSSR count). The fourth-order valence-corrected chi connectivity index (χ4v) is 3.81. The standard InChI is InChI=1S/C19H27N3O2/c1-13(2)18(23)21-11-8-14(9-12-21)19(24)22-10-4-5-15-16(20)6-3-7-17(15)22/h3,6-7,13-14H,4-5,8-12,20H2,1-2H3. The lowest BCUT2D eigenvalue weighted by molar-refractivity contribution is -0.137. The molecule has 0 aromatic heterocycles. The average molecular weight is 329 g/mol. The molecule has 130 valence electrons. The molecule has 2 aliphatic heterocycles. The summed E-state index contributed by atoms with van der Waals surface area (Å²) in [4.78, 5) is 28.9. The van der Waals surface area contributed by atoms with Crippen LogP contribution in [-0.2, 0) is 16.0 Å². The summed E-state index contributed by atoms with van der Waals surface area (Å²) in [7, 11) is 0. The number of hydrogen-bond acceptors (Lipinski definition) is 3. The van der Waals surface area contributed by atoms with E-state index < -0.39 is 0 Å². The lowest BCUT2D eigenvalue weighted by Crippen LogP contribution is -2.46. The van der Waals surface area contributed by atoms with E-state index in [2.05, 4.69) is 0 Å². The van der Waals surface area contributed by atoms with E-state index in [-0.39, 0.29) is 23.7 Å². The number of hydrogen-bond donors (Lipinski definition) is 1. The van der Waals surface area contributed by atoms with E-state index in [1.54, 1.807) is 0 Å². The summed E-state index contributed by atoms with van der Waals surface area (Å²) < 4.78 is 0. The molecule has 0 saturated carbocycles. The van der Waals surface area contributed by atoms with Crippen molar-refractivity contribution in [3.05, 3.63) is 23.8 Å². The van der Waals surface area contributed by atoms with Crippen LogP contribution in [0.4, 0.5) is 11.4 Å². The van der Waals surface area contributed by atoms with Crippen LogP contribution in [0.15, 0.2) is 18.2 Å². The van der Waals surface area contributed by atoms with Crippen LogP contribution < -0.4 is 10.6 Å². The number of carbonyl (C=O) groups is 2. The Morgan fingerprint density at radius 3 is 2.54 bits per heavy atom. The maximum Gasteiger partial charge on any atom is 0.230 e. The van der Waals surface area contributed by atoms with Crippen LogP contribution in [0.1, 0.15) is 38.7 Å². The van der Waals surface area contributed by atoms with Gasteiger partial charge in [-0.15, -0.1) is 0 Å². The second kappa shape index (κ2) is 6.83. The van der Waals surface area contributed by atoms with Crippen molar-refractivity contribution >= 4 is 23.2 Å². The number of piperidine rings is 1. The Kier molecular flexibility index (Phi) is 4.78. The average Bonchev–Trinajstić information content (AvgIpc) is 2.60. The van der Waals surface area contributed by atoms with Crippen LogP contribution in [0.2, 0.25) is 0 Å². The molecule has 2 aliphatic rings. The quantitative estimate of drug-likeness (QED) is 0.848. The highest BCUT2D eigenvalue weighted by atomic mass is 16.2. The number of rotatable bonds is 2. The number of carbonyl (C=O) groups excluding carboxylic acids is 2. The fraction of sp³-hybridized carbons (Fsp3) is 0.579. The van der Waals surface area contributed by atoms with Crippen molar-refractivity contribution in [1.82, 2.24) is 4.90 Å². The number of benzene rings is 1. The Morgan fingerprint density at radius 2 is 1.88 bits per heavy atom. The van der Waals surface area contributed by atoms with Crippen molar-refractivity contribution in [3.8, 4) is 0 Å². The van der Waals surface area contributed by atoms with Gasteiger partial charge in [0.2, 0.25) is 11.8 Å². The van der Waals surface area contributed by atoms with Gasteiger partial charge in [0.15, 0.2) is 0 Å². The Bertz CT molecular complexity index is 633. The molecule has 0 radical (unpaired) electrons. The number of nitrogens with two attached hydrogens (primary N) is 1. The molecule has 0 bridgehead atoms. The van der Waals surface area contributed by atoms with Crippen LogP contribution >= 0.6 is 0 Å². The first kappa shape index (κ1) is 16.8. The lowest BCUT2D eigenvalue weighted by Gasteiger charge is -2.37. The second-order valence-electron chi connectivity index (χ2n) is 7.19. The van der Waals surface area contributed by atoms with Gasteiger partial charge in [-0.3, -0.25) is 9.59 Å². The minimum Gasteiger partial charge on any atom is -0.398 e. The van der Waals surface area contributed by atoms with Crippen molar-refractivity contribution in [2.24, 2.45) is 11.8 Å². The number of amides is 2. The van der Waals surface area contributed by atoms with Crippen molar-refractivity contribution in [2.45, 2.75) is 39.5 Å². The highest BCUT2D eigenvalue weighted by molar-refractivity contribution is 5.97. The molecule has 1 aromatic rings. The van der Waals surface area contributed by atoms with E-state index in [0.717, 1.165) is 49.2 Å². The predicted octanol–water partition coefficient (Wildman–Crippen LogP) is 2.44. The first-order valence-electron chi connectivity index (χ1n) is 8.96. The molecule has 1 aromatic carbocycles. The molecular formula is C19H27N3O2. The molecular weight excluding hydrogens is 302 g/mol. The number of nitrogens with zero attached hydrogens (tertiary/aromatic N) is 2. The molecule has 5 heteroatoms. The normalized spacial score (nSPS) is 18.6. The molecule has 5 nitrogen and oxygen atoms in total. The summed E-state index contributed by atoms with van der Waals surface area (Å²) >= 11 is 0. The molecule has 2 N–H and O–H groups in total. The largest absolute Gasteiger partial charge is 0.398 e. The van der Waals surface area contributed by atoms with E-state index in [0.29, 0.717) is 13.1 Å². The van der Waals surface area contributed by atoms with Crippen LogP contribution in [-0.4, -0.2) is 36.3 Å². The summed E-state index contributed by atoms with van der Waals surface area (Å²) in [6.07, 6.45) is 3.40. The predicted molar refractivity (Wildman–Crippen MR) is 95.7 cm³/mol. The Morgan fingerprint density at radius 1 is 1.17 bits per heavy atom. The number of fused-ring (bicyclic) bond motifs is 1. The van der Waals surface area contributed by atoms with Gasteiger partial charge in [0.25, 0.3) is 0 Å². The fourth-order valence-electron chi connectivity index (χ4n) is 3.81. The monoisotopic (exact) mass is 329 g/mol. The van der Waals surface area contributed by atoms with Gasteiger partial charge in [-0.1, -0.05) is 19.9 Å². The van der Waals surface area contributed by atoms with Gasteiger partial charge >= 0.3 is 0 Å². The molecule has 24 heavy (non-hydrogen) atoms. The highest BCUT2D eigenvalue weighted by Crippen LogP contribution is 2.33. The van der Waals surface area contributed by atoms with Gasteiger partial charge < -0.3 is 15.5 Å². The molecule has 0 atom stereocenters. The van der Waals surface area contributed by atoms with Gasteiger partial charge in [0.1, 0.15) is 0 Å². The van der Waals surface area contributed by atoms with Crippen molar-refractivity contribution in [1.29, 1.82) is 0 Å². The molecule has 1 fully saturated rings. The second-order valence-corrected chi connectivity index (χ2v) is 7.19. The maximum atomic E-state index is 13.0. The van der Waals surface area contributed by atoms with Gasteiger partial charge in [0.05, 0.1) is 0 Å². The Balaban J connectivity index is 1.69. The zero-order valence-electron chi connectivity index (χ0n) is 14.6. The van der Waals surface area contributed by atoms with Crippen molar-refractivity contribution in [2.75, 3.05) is 30.3 Å². The third-order valence-corrected chi connectivity index (χ3v) is 5.20. The first-order valence-corrected chi connectivity index (χ1v) is 8.96. The van der Waals surface area contributed by atoms with Gasteiger partial charge in [-0.25, -0.2) is 0 Å². The highest BCUT2D eigenvalue weighted by Gasteiger charge is 2.33.